The molecule has 1 aromatic carbocycles. The van der Waals surface area contributed by atoms with Gasteiger partial charge in [0.1, 0.15) is 12.4 Å². The average Bonchev–Trinajstić information content (AvgIpc) is 2.45. The Morgan fingerprint density at radius 2 is 1.80 bits per heavy atom. The Bertz CT molecular complexity index is 349. The van der Waals surface area contributed by atoms with Gasteiger partial charge in [-0.1, -0.05) is 26.0 Å². The SMILES string of the molecule is CCCN(CCOc1ccc(CNCC)cc1)C(C)C. The molecule has 0 radical (unpaired) electrons. The zero-order valence-corrected chi connectivity index (χ0v) is 13.5. The lowest BCUT2D eigenvalue weighted by Crippen LogP contribution is -2.35. The quantitative estimate of drug-likeness (QED) is 0.711. The van der Waals surface area contributed by atoms with E-state index in [2.05, 4.69) is 62.2 Å². The number of hydrogen-bond donors (Lipinski definition) is 1. The minimum Gasteiger partial charge on any atom is -0.492 e. The monoisotopic (exact) mass is 278 g/mol. The maximum atomic E-state index is 5.83. The number of ether oxygens (including phenoxy) is 1. The van der Waals surface area contributed by atoms with Crippen molar-refractivity contribution in [1.29, 1.82) is 0 Å². The lowest BCUT2D eigenvalue weighted by atomic mass is 10.2. The highest BCUT2D eigenvalue weighted by atomic mass is 16.5. The molecule has 1 rings (SSSR count). The van der Waals surface area contributed by atoms with Gasteiger partial charge in [0.05, 0.1) is 0 Å². The van der Waals surface area contributed by atoms with Gasteiger partial charge in [-0.3, -0.25) is 4.90 Å². The fraction of sp³-hybridized carbons (Fsp3) is 0.647. The largest absolute Gasteiger partial charge is 0.492 e. The van der Waals surface area contributed by atoms with Crippen molar-refractivity contribution in [3.63, 3.8) is 0 Å². The summed E-state index contributed by atoms with van der Waals surface area (Å²) in [6.07, 6.45) is 1.19. The summed E-state index contributed by atoms with van der Waals surface area (Å²) in [5, 5.41) is 3.32. The summed E-state index contributed by atoms with van der Waals surface area (Å²) in [5.74, 6) is 0.963. The van der Waals surface area contributed by atoms with Crippen LogP contribution in [-0.2, 0) is 6.54 Å². The highest BCUT2D eigenvalue weighted by Crippen LogP contribution is 2.12. The molecule has 20 heavy (non-hydrogen) atoms. The average molecular weight is 278 g/mol. The molecule has 0 fully saturated rings. The second-order valence-electron chi connectivity index (χ2n) is 5.40. The third kappa shape index (κ3) is 6.40. The van der Waals surface area contributed by atoms with Gasteiger partial charge >= 0.3 is 0 Å². The van der Waals surface area contributed by atoms with Gasteiger partial charge in [-0.2, -0.15) is 0 Å². The molecule has 1 aromatic rings. The topological polar surface area (TPSA) is 24.5 Å². The summed E-state index contributed by atoms with van der Waals surface area (Å²) < 4.78 is 5.83. The highest BCUT2D eigenvalue weighted by molar-refractivity contribution is 5.27. The maximum Gasteiger partial charge on any atom is 0.119 e. The number of benzene rings is 1. The standard InChI is InChI=1S/C17H30N2O/c1-5-11-19(15(3)4)12-13-20-17-9-7-16(8-10-17)14-18-6-2/h7-10,15,18H,5-6,11-14H2,1-4H3. The smallest absolute Gasteiger partial charge is 0.119 e. The summed E-state index contributed by atoms with van der Waals surface area (Å²) >= 11 is 0. The zero-order valence-electron chi connectivity index (χ0n) is 13.5. The Hall–Kier alpha value is -1.06. The Labute approximate surface area is 124 Å². The van der Waals surface area contributed by atoms with Crippen LogP contribution in [0.2, 0.25) is 0 Å². The molecule has 3 nitrogen and oxygen atoms in total. The van der Waals surface area contributed by atoms with E-state index in [9.17, 15) is 0 Å². The van der Waals surface area contributed by atoms with Crippen LogP contribution >= 0.6 is 0 Å². The van der Waals surface area contributed by atoms with Crippen molar-refractivity contribution in [3.8, 4) is 5.75 Å². The maximum absolute atomic E-state index is 5.83. The summed E-state index contributed by atoms with van der Waals surface area (Å²) in [7, 11) is 0. The summed E-state index contributed by atoms with van der Waals surface area (Å²) in [6, 6.07) is 8.97. The third-order valence-corrected chi connectivity index (χ3v) is 3.39. The van der Waals surface area contributed by atoms with Gasteiger partial charge in [0, 0.05) is 19.1 Å². The van der Waals surface area contributed by atoms with Crippen LogP contribution in [0.15, 0.2) is 24.3 Å². The molecule has 0 saturated heterocycles. The normalized spacial score (nSPS) is 11.3. The number of rotatable bonds is 10. The summed E-state index contributed by atoms with van der Waals surface area (Å²) in [6.45, 7) is 13.6. The van der Waals surface area contributed by atoms with Crippen LogP contribution in [0.25, 0.3) is 0 Å². The van der Waals surface area contributed by atoms with Gasteiger partial charge in [0.25, 0.3) is 0 Å². The van der Waals surface area contributed by atoms with E-state index in [1.807, 2.05) is 0 Å². The molecule has 0 aliphatic rings. The van der Waals surface area contributed by atoms with E-state index < -0.39 is 0 Å². The Kier molecular flexibility index (Phi) is 8.31. The van der Waals surface area contributed by atoms with Crippen molar-refractivity contribution in [2.75, 3.05) is 26.2 Å². The minimum atomic E-state index is 0.584. The fourth-order valence-corrected chi connectivity index (χ4v) is 2.17. The van der Waals surface area contributed by atoms with E-state index in [0.29, 0.717) is 6.04 Å². The molecule has 114 valence electrons. The van der Waals surface area contributed by atoms with Crippen molar-refractivity contribution in [2.45, 2.75) is 46.7 Å². The first kappa shape index (κ1) is 17.0. The fourth-order valence-electron chi connectivity index (χ4n) is 2.17. The summed E-state index contributed by atoms with van der Waals surface area (Å²) in [4.78, 5) is 2.46. The Morgan fingerprint density at radius 1 is 1.10 bits per heavy atom. The van der Waals surface area contributed by atoms with Gasteiger partial charge in [0.2, 0.25) is 0 Å². The van der Waals surface area contributed by atoms with Crippen molar-refractivity contribution in [1.82, 2.24) is 10.2 Å². The van der Waals surface area contributed by atoms with Gasteiger partial charge in [-0.25, -0.2) is 0 Å². The molecule has 0 heterocycles. The molecule has 3 heteroatoms. The van der Waals surface area contributed by atoms with E-state index in [1.54, 1.807) is 0 Å². The molecule has 1 N–H and O–H groups in total. The van der Waals surface area contributed by atoms with Crippen LogP contribution in [0.1, 0.15) is 39.7 Å². The molecule has 0 aliphatic heterocycles. The van der Waals surface area contributed by atoms with Crippen molar-refractivity contribution in [3.05, 3.63) is 29.8 Å². The van der Waals surface area contributed by atoms with Crippen LogP contribution in [-0.4, -0.2) is 37.2 Å². The first-order chi connectivity index (χ1) is 9.67. The molecule has 0 spiro atoms. The van der Waals surface area contributed by atoms with Crippen LogP contribution in [0.5, 0.6) is 5.75 Å². The van der Waals surface area contributed by atoms with Crippen molar-refractivity contribution >= 4 is 0 Å². The van der Waals surface area contributed by atoms with Crippen LogP contribution in [0.4, 0.5) is 0 Å². The van der Waals surface area contributed by atoms with E-state index in [4.69, 9.17) is 4.74 Å². The first-order valence-corrected chi connectivity index (χ1v) is 7.83. The van der Waals surface area contributed by atoms with Gasteiger partial charge in [0.15, 0.2) is 0 Å². The predicted molar refractivity (Wildman–Crippen MR) is 86.3 cm³/mol. The van der Waals surface area contributed by atoms with Gasteiger partial charge in [-0.05, 0) is 51.1 Å². The first-order valence-electron chi connectivity index (χ1n) is 7.83. The zero-order chi connectivity index (χ0) is 14.8. The van der Waals surface area contributed by atoms with E-state index >= 15 is 0 Å². The van der Waals surface area contributed by atoms with Crippen molar-refractivity contribution < 1.29 is 4.74 Å². The lowest BCUT2D eigenvalue weighted by molar-refractivity contribution is 0.176. The number of hydrogen-bond acceptors (Lipinski definition) is 3. The number of nitrogens with one attached hydrogen (secondary N) is 1. The second kappa shape index (κ2) is 9.78. The van der Waals surface area contributed by atoms with E-state index in [1.165, 1.54) is 12.0 Å². The van der Waals surface area contributed by atoms with E-state index in [-0.39, 0.29) is 0 Å². The predicted octanol–water partition coefficient (Wildman–Crippen LogP) is 3.30. The second-order valence-corrected chi connectivity index (χ2v) is 5.40. The van der Waals surface area contributed by atoms with Crippen LogP contribution < -0.4 is 10.1 Å². The lowest BCUT2D eigenvalue weighted by Gasteiger charge is -2.25. The third-order valence-electron chi connectivity index (χ3n) is 3.39. The molecule has 0 amide bonds. The molecule has 0 saturated carbocycles. The molecular weight excluding hydrogens is 248 g/mol. The molecular formula is C17H30N2O. The van der Waals surface area contributed by atoms with Crippen LogP contribution in [0.3, 0.4) is 0 Å². The molecule has 0 bridgehead atoms. The minimum absolute atomic E-state index is 0.584. The molecule has 0 aliphatic carbocycles. The van der Waals surface area contributed by atoms with Crippen molar-refractivity contribution in [2.24, 2.45) is 0 Å². The van der Waals surface area contributed by atoms with Crippen LogP contribution in [0, 0.1) is 0 Å². The Balaban J connectivity index is 2.34. The Morgan fingerprint density at radius 3 is 2.35 bits per heavy atom. The number of nitrogens with zero attached hydrogens (tertiary/aromatic N) is 1. The highest BCUT2D eigenvalue weighted by Gasteiger charge is 2.07. The van der Waals surface area contributed by atoms with Gasteiger partial charge < -0.3 is 10.1 Å². The van der Waals surface area contributed by atoms with Gasteiger partial charge in [-0.15, -0.1) is 0 Å². The molecule has 0 unspecified atom stereocenters. The molecule has 0 atom stereocenters. The summed E-state index contributed by atoms with van der Waals surface area (Å²) in [5.41, 5.74) is 1.30. The molecule has 0 aromatic heterocycles. The van der Waals surface area contributed by atoms with E-state index in [0.717, 1.165) is 38.5 Å².